The van der Waals surface area contributed by atoms with E-state index in [1.165, 1.54) is 24.3 Å². The molecule has 2 heterocycles. The van der Waals surface area contributed by atoms with Crippen molar-refractivity contribution in [2.75, 3.05) is 10.6 Å². The average Bonchev–Trinajstić information content (AvgIpc) is 3.45. The van der Waals surface area contributed by atoms with Crippen LogP contribution in [-0.2, 0) is 19.3 Å². The third kappa shape index (κ3) is 8.73. The first kappa shape index (κ1) is 35.5. The fourth-order valence-corrected chi connectivity index (χ4v) is 5.29. The van der Waals surface area contributed by atoms with Crippen molar-refractivity contribution in [1.29, 1.82) is 0 Å². The zero-order valence-corrected chi connectivity index (χ0v) is 28.7. The van der Waals surface area contributed by atoms with Crippen LogP contribution in [0.3, 0.4) is 0 Å². The quantitative estimate of drug-likeness (QED) is 0.173. The number of carbonyl (C=O) groups excluding carboxylic acids is 3. The first-order valence-corrected chi connectivity index (χ1v) is 16.4. The summed E-state index contributed by atoms with van der Waals surface area (Å²) >= 11 is 0. The molecule has 0 aliphatic rings. The van der Waals surface area contributed by atoms with E-state index in [1.54, 1.807) is 85.7 Å². The van der Waals surface area contributed by atoms with Crippen LogP contribution in [0.25, 0.3) is 34.0 Å². The molecule has 3 amide bonds. The smallest absolute Gasteiger partial charge is 0.413 e. The van der Waals surface area contributed by atoms with Crippen LogP contribution in [0.2, 0.25) is 0 Å². The summed E-state index contributed by atoms with van der Waals surface area (Å²) in [6.07, 6.45) is -0.874. The zero-order valence-electron chi connectivity index (χ0n) is 27.9. The van der Waals surface area contributed by atoms with E-state index in [2.05, 4.69) is 20.8 Å². The zero-order chi connectivity index (χ0) is 35.6. The second kappa shape index (κ2) is 13.4. The molecule has 0 radical (unpaired) electrons. The van der Waals surface area contributed by atoms with Gasteiger partial charge >= 0.3 is 18.1 Å². The van der Waals surface area contributed by atoms with Gasteiger partial charge in [-0.1, -0.05) is 29.4 Å². The van der Waals surface area contributed by atoms with Gasteiger partial charge in [0.1, 0.15) is 22.6 Å². The molecule has 4 rings (SSSR count). The fourth-order valence-electron chi connectivity index (χ4n) is 4.23. The number of nitrogens with one attached hydrogen (secondary N) is 2. The molecular formula is C33H38N6O8S. The molecule has 0 aliphatic heterocycles. The topological polar surface area (TPSA) is 206 Å². The molecule has 0 bridgehead atoms. The van der Waals surface area contributed by atoms with E-state index in [0.717, 1.165) is 0 Å². The van der Waals surface area contributed by atoms with Crippen LogP contribution in [0.5, 0.6) is 0 Å². The van der Waals surface area contributed by atoms with Crippen molar-refractivity contribution in [3.05, 3.63) is 60.3 Å². The normalized spacial score (nSPS) is 12.0. The van der Waals surface area contributed by atoms with Gasteiger partial charge in [-0.15, -0.1) is 0 Å². The second-order valence-corrected chi connectivity index (χ2v) is 15.5. The number of amides is 3. The SMILES string of the molecule is CC(C)S(=O)(=O)c1ccc(-c2nc(-c3cc(-c4ccc(NC(N)=O)cc4)no3)c(NC(=O)OC(C)(C)C)nc2C(=O)OC(C)(C)C)cc1. The summed E-state index contributed by atoms with van der Waals surface area (Å²) in [5.41, 5.74) is 4.99. The molecule has 0 unspecified atom stereocenters. The first-order valence-electron chi connectivity index (χ1n) is 14.9. The van der Waals surface area contributed by atoms with Crippen LogP contribution in [0.4, 0.5) is 21.1 Å². The third-order valence-electron chi connectivity index (χ3n) is 6.38. The first-order chi connectivity index (χ1) is 22.2. The number of esters is 1. The van der Waals surface area contributed by atoms with Crippen LogP contribution in [0, 0.1) is 0 Å². The molecule has 0 atom stereocenters. The molecule has 0 saturated carbocycles. The van der Waals surface area contributed by atoms with Crippen molar-refractivity contribution < 1.29 is 36.8 Å². The molecule has 2 aromatic heterocycles. The summed E-state index contributed by atoms with van der Waals surface area (Å²) in [6.45, 7) is 13.3. The standard InChI is InChI=1S/C33H38N6O8S/c1-18(2)48(43,44)22-15-11-20(12-16-22)25-27(29(40)45-32(3,4)5)37-28(38-31(42)46-33(6,7)8)26(36-25)24-17-23(39-47-24)19-9-13-21(14-10-19)35-30(34)41/h9-18H,1-8H3,(H3,34,35,41)(H,37,38,42). The van der Waals surface area contributed by atoms with Gasteiger partial charge in [-0.3, -0.25) is 5.32 Å². The number of rotatable bonds is 8. The van der Waals surface area contributed by atoms with Crippen molar-refractivity contribution in [2.45, 2.75) is 76.7 Å². The van der Waals surface area contributed by atoms with Crippen molar-refractivity contribution in [3.8, 4) is 34.0 Å². The fraction of sp³-hybridized carbons (Fsp3) is 0.333. The second-order valence-electron chi connectivity index (χ2n) is 13.0. The predicted octanol–water partition coefficient (Wildman–Crippen LogP) is 6.44. The van der Waals surface area contributed by atoms with E-state index < -0.39 is 44.4 Å². The molecule has 4 N–H and O–H groups in total. The summed E-state index contributed by atoms with van der Waals surface area (Å²) < 4.78 is 42.3. The largest absolute Gasteiger partial charge is 0.455 e. The summed E-state index contributed by atoms with van der Waals surface area (Å²) in [6, 6.07) is 13.3. The van der Waals surface area contributed by atoms with Crippen LogP contribution in [0.15, 0.2) is 64.0 Å². The number of benzene rings is 2. The van der Waals surface area contributed by atoms with E-state index in [4.69, 9.17) is 24.7 Å². The average molecular weight is 679 g/mol. The summed E-state index contributed by atoms with van der Waals surface area (Å²) in [5.74, 6) is -0.957. The molecule has 2 aromatic carbocycles. The molecule has 15 heteroatoms. The third-order valence-corrected chi connectivity index (χ3v) is 8.55. The highest BCUT2D eigenvalue weighted by Crippen LogP contribution is 2.34. The lowest BCUT2D eigenvalue weighted by Crippen LogP contribution is -2.29. The number of hydrogen-bond acceptors (Lipinski definition) is 11. The molecule has 0 fully saturated rings. The molecular weight excluding hydrogens is 640 g/mol. The van der Waals surface area contributed by atoms with Gasteiger partial charge in [-0.05, 0) is 79.7 Å². The maximum Gasteiger partial charge on any atom is 0.413 e. The number of nitrogens with zero attached hydrogens (tertiary/aromatic N) is 3. The Morgan fingerprint density at radius 3 is 1.94 bits per heavy atom. The van der Waals surface area contributed by atoms with Crippen molar-refractivity contribution >= 4 is 39.4 Å². The number of hydrogen-bond donors (Lipinski definition) is 3. The number of anilines is 2. The maximum absolute atomic E-state index is 13.5. The Hall–Kier alpha value is -5.31. The van der Waals surface area contributed by atoms with Gasteiger partial charge in [0.25, 0.3) is 0 Å². The molecule has 0 aliphatic carbocycles. The van der Waals surface area contributed by atoms with Crippen LogP contribution in [0.1, 0.15) is 65.9 Å². The van der Waals surface area contributed by atoms with E-state index in [-0.39, 0.29) is 33.6 Å². The highest BCUT2D eigenvalue weighted by Gasteiger charge is 2.29. The summed E-state index contributed by atoms with van der Waals surface area (Å²) in [5, 5.41) is 8.52. The van der Waals surface area contributed by atoms with Gasteiger partial charge in [0, 0.05) is 22.9 Å². The number of primary amides is 1. The molecule has 0 saturated heterocycles. The van der Waals surface area contributed by atoms with Gasteiger partial charge < -0.3 is 25.0 Å². The number of urea groups is 1. The molecule has 48 heavy (non-hydrogen) atoms. The lowest BCUT2D eigenvalue weighted by atomic mass is 10.1. The Kier molecular flexibility index (Phi) is 9.94. The Morgan fingerprint density at radius 2 is 1.40 bits per heavy atom. The van der Waals surface area contributed by atoms with Crippen molar-refractivity contribution in [3.63, 3.8) is 0 Å². The predicted molar refractivity (Wildman–Crippen MR) is 179 cm³/mol. The highest BCUT2D eigenvalue weighted by molar-refractivity contribution is 7.92. The minimum Gasteiger partial charge on any atom is -0.455 e. The summed E-state index contributed by atoms with van der Waals surface area (Å²) in [7, 11) is -3.58. The van der Waals surface area contributed by atoms with Gasteiger partial charge in [-0.25, -0.2) is 32.8 Å². The Balaban J connectivity index is 1.90. The Morgan fingerprint density at radius 1 is 0.812 bits per heavy atom. The molecule has 254 valence electrons. The number of aromatic nitrogens is 3. The lowest BCUT2D eigenvalue weighted by molar-refractivity contribution is 0.00630. The molecule has 14 nitrogen and oxygen atoms in total. The minimum atomic E-state index is -3.58. The van der Waals surface area contributed by atoms with Crippen LogP contribution < -0.4 is 16.4 Å². The number of sulfone groups is 1. The summed E-state index contributed by atoms with van der Waals surface area (Å²) in [4.78, 5) is 47.0. The lowest BCUT2D eigenvalue weighted by Gasteiger charge is -2.22. The maximum atomic E-state index is 13.5. The van der Waals surface area contributed by atoms with Crippen molar-refractivity contribution in [2.24, 2.45) is 5.73 Å². The number of ether oxygens (including phenoxy) is 2. The van der Waals surface area contributed by atoms with E-state index in [9.17, 15) is 22.8 Å². The Labute approximate surface area is 278 Å². The van der Waals surface area contributed by atoms with Crippen molar-refractivity contribution in [1.82, 2.24) is 15.1 Å². The van der Waals surface area contributed by atoms with Gasteiger partial charge in [-0.2, -0.15) is 0 Å². The van der Waals surface area contributed by atoms with E-state index in [1.807, 2.05) is 0 Å². The van der Waals surface area contributed by atoms with Crippen LogP contribution >= 0.6 is 0 Å². The number of carbonyl (C=O) groups is 3. The number of nitrogens with two attached hydrogens (primary N) is 1. The van der Waals surface area contributed by atoms with E-state index in [0.29, 0.717) is 22.5 Å². The van der Waals surface area contributed by atoms with Gasteiger partial charge in [0.2, 0.25) is 0 Å². The molecule has 0 spiro atoms. The van der Waals surface area contributed by atoms with Crippen LogP contribution in [-0.4, -0.2) is 58.1 Å². The highest BCUT2D eigenvalue weighted by atomic mass is 32.2. The minimum absolute atomic E-state index is 0.00666. The van der Waals surface area contributed by atoms with Gasteiger partial charge in [0.05, 0.1) is 10.1 Å². The molecule has 4 aromatic rings. The Bertz CT molecular complexity index is 1940. The monoisotopic (exact) mass is 678 g/mol. The van der Waals surface area contributed by atoms with E-state index >= 15 is 0 Å². The van der Waals surface area contributed by atoms with Gasteiger partial charge in [0.15, 0.2) is 32.8 Å².